The Kier molecular flexibility index (Phi) is 8.33. The zero-order chi connectivity index (χ0) is 21.5. The van der Waals surface area contributed by atoms with Crippen molar-refractivity contribution in [2.75, 3.05) is 26.4 Å². The predicted molar refractivity (Wildman–Crippen MR) is 119 cm³/mol. The normalized spacial score (nSPS) is 18.8. The van der Waals surface area contributed by atoms with Crippen LogP contribution in [0.15, 0.2) is 23.1 Å². The lowest BCUT2D eigenvalue weighted by Crippen LogP contribution is -2.52. The maximum absolute atomic E-state index is 12.7. The first-order valence-corrected chi connectivity index (χ1v) is 12.0. The Balaban J connectivity index is 1.41. The average molecular weight is 432 g/mol. The van der Waals surface area contributed by atoms with Gasteiger partial charge in [0.1, 0.15) is 6.04 Å². The largest absolute Gasteiger partial charge is 0.322 e. The van der Waals surface area contributed by atoms with E-state index in [1.54, 1.807) is 4.90 Å². The fraction of sp³-hybridized carbons (Fsp3) is 0.609. The quantitative estimate of drug-likeness (QED) is 0.330. The third-order valence-electron chi connectivity index (χ3n) is 5.76. The number of fused-ring (bicyclic) bond motifs is 1. The Bertz CT molecular complexity index is 781. The molecule has 2 aliphatic rings. The van der Waals surface area contributed by atoms with E-state index in [0.29, 0.717) is 18.5 Å². The second-order valence-corrected chi connectivity index (χ2v) is 9.66. The van der Waals surface area contributed by atoms with Crippen molar-refractivity contribution in [1.29, 1.82) is 0 Å². The Hall–Kier alpha value is -1.86. The molecule has 0 saturated carbocycles. The van der Waals surface area contributed by atoms with Gasteiger partial charge in [-0.2, -0.15) is 0 Å². The summed E-state index contributed by atoms with van der Waals surface area (Å²) in [6.45, 7) is 1.62. The van der Waals surface area contributed by atoms with Crippen LogP contribution in [0.5, 0.6) is 0 Å². The molecule has 2 heterocycles. The minimum absolute atomic E-state index is 0.106. The first kappa shape index (κ1) is 22.8. The van der Waals surface area contributed by atoms with E-state index in [1.807, 2.05) is 23.9 Å². The van der Waals surface area contributed by atoms with Crippen molar-refractivity contribution >= 4 is 29.5 Å². The van der Waals surface area contributed by atoms with Crippen molar-refractivity contribution in [3.05, 3.63) is 29.3 Å². The van der Waals surface area contributed by atoms with E-state index in [1.165, 1.54) is 50.0 Å². The molecular formula is C23H33N3O3S. The van der Waals surface area contributed by atoms with Crippen molar-refractivity contribution in [1.82, 2.24) is 15.1 Å². The third-order valence-corrected chi connectivity index (χ3v) is 6.84. The lowest BCUT2D eigenvalue weighted by atomic mass is 10.0. The second-order valence-electron chi connectivity index (χ2n) is 8.49. The molecule has 1 aromatic carbocycles. The number of nitrogens with zero attached hydrogens (tertiary/aromatic N) is 2. The summed E-state index contributed by atoms with van der Waals surface area (Å²) in [5.74, 6) is 0.364. The fourth-order valence-corrected chi connectivity index (χ4v) is 5.04. The molecular weight excluding hydrogens is 398 g/mol. The van der Waals surface area contributed by atoms with Crippen molar-refractivity contribution in [2.45, 2.75) is 68.8 Å². The van der Waals surface area contributed by atoms with Gasteiger partial charge < -0.3 is 9.80 Å². The zero-order valence-electron chi connectivity index (χ0n) is 18.1. The van der Waals surface area contributed by atoms with Crippen molar-refractivity contribution in [3.63, 3.8) is 0 Å². The number of carbonyl (C=O) groups is 3. The predicted octanol–water partition coefficient (Wildman–Crippen LogP) is 3.44. The molecule has 1 unspecified atom stereocenters. The number of rotatable bonds is 11. The van der Waals surface area contributed by atoms with Crippen LogP contribution in [0.25, 0.3) is 0 Å². The van der Waals surface area contributed by atoms with Crippen LogP contribution >= 0.6 is 11.8 Å². The minimum atomic E-state index is -0.545. The van der Waals surface area contributed by atoms with E-state index in [-0.39, 0.29) is 24.1 Å². The van der Waals surface area contributed by atoms with Gasteiger partial charge in [-0.1, -0.05) is 25.7 Å². The van der Waals surface area contributed by atoms with E-state index in [2.05, 4.69) is 30.4 Å². The van der Waals surface area contributed by atoms with Crippen LogP contribution in [-0.2, 0) is 16.1 Å². The first-order valence-electron chi connectivity index (χ1n) is 11.0. The number of nitrogens with one attached hydrogen (secondary N) is 1. The van der Waals surface area contributed by atoms with Gasteiger partial charge in [-0.15, -0.1) is 11.8 Å². The Morgan fingerprint density at radius 3 is 2.53 bits per heavy atom. The Morgan fingerprint density at radius 2 is 1.80 bits per heavy atom. The number of piperidine rings is 1. The Labute approximate surface area is 183 Å². The number of amides is 3. The molecule has 3 rings (SSSR count). The number of hydrogen-bond acceptors (Lipinski definition) is 5. The SMILES string of the molecule is CN(C)CCCCCCCCSc1ccc2c(c1)CN(C1CCC(=O)NC1=O)C2=O. The van der Waals surface area contributed by atoms with Gasteiger partial charge in [0.25, 0.3) is 5.91 Å². The summed E-state index contributed by atoms with van der Waals surface area (Å²) in [5, 5.41) is 2.35. The summed E-state index contributed by atoms with van der Waals surface area (Å²) >= 11 is 1.84. The number of thioether (sulfide) groups is 1. The van der Waals surface area contributed by atoms with Crippen LogP contribution in [0.2, 0.25) is 0 Å². The Morgan fingerprint density at radius 1 is 1.07 bits per heavy atom. The molecule has 1 N–H and O–H groups in total. The summed E-state index contributed by atoms with van der Waals surface area (Å²) < 4.78 is 0. The van der Waals surface area contributed by atoms with E-state index in [9.17, 15) is 14.4 Å². The number of benzene rings is 1. The summed E-state index contributed by atoms with van der Waals surface area (Å²) in [6.07, 6.45) is 8.37. The average Bonchev–Trinajstić information content (AvgIpc) is 3.02. The van der Waals surface area contributed by atoms with Crippen molar-refractivity contribution in [2.24, 2.45) is 0 Å². The molecule has 0 aliphatic carbocycles. The monoisotopic (exact) mass is 431 g/mol. The highest BCUT2D eigenvalue weighted by atomic mass is 32.2. The molecule has 0 aromatic heterocycles. The highest BCUT2D eigenvalue weighted by Crippen LogP contribution is 2.31. The molecule has 6 nitrogen and oxygen atoms in total. The van der Waals surface area contributed by atoms with Crippen molar-refractivity contribution < 1.29 is 14.4 Å². The van der Waals surface area contributed by atoms with Gasteiger partial charge in [-0.05, 0) is 69.4 Å². The van der Waals surface area contributed by atoms with E-state index in [4.69, 9.17) is 0 Å². The standard InChI is InChI=1S/C23H33N3O3S/c1-25(2)13-7-5-3-4-6-8-14-30-18-9-10-19-17(15-18)16-26(23(19)29)20-11-12-21(27)24-22(20)28/h9-10,15,20H,3-8,11-14,16H2,1-2H3,(H,24,27,28). The molecule has 1 aromatic rings. The number of carbonyl (C=O) groups excluding carboxylic acids is 3. The van der Waals surface area contributed by atoms with Crippen LogP contribution in [-0.4, -0.2) is 60.0 Å². The molecule has 3 amide bonds. The minimum Gasteiger partial charge on any atom is -0.322 e. The molecule has 30 heavy (non-hydrogen) atoms. The summed E-state index contributed by atoms with van der Waals surface area (Å²) in [7, 11) is 4.25. The van der Waals surface area contributed by atoms with E-state index >= 15 is 0 Å². The van der Waals surface area contributed by atoms with E-state index in [0.717, 1.165) is 11.3 Å². The van der Waals surface area contributed by atoms with E-state index < -0.39 is 6.04 Å². The molecule has 1 saturated heterocycles. The summed E-state index contributed by atoms with van der Waals surface area (Å²) in [4.78, 5) is 41.3. The van der Waals surface area contributed by atoms with Gasteiger partial charge in [0.15, 0.2) is 0 Å². The summed E-state index contributed by atoms with van der Waals surface area (Å²) in [5.41, 5.74) is 1.66. The van der Waals surface area contributed by atoms with Gasteiger partial charge in [-0.3, -0.25) is 19.7 Å². The number of hydrogen-bond donors (Lipinski definition) is 1. The molecule has 164 valence electrons. The van der Waals surface area contributed by atoms with Gasteiger partial charge in [0, 0.05) is 23.4 Å². The van der Waals surface area contributed by atoms with Crippen LogP contribution in [0, 0.1) is 0 Å². The summed E-state index contributed by atoms with van der Waals surface area (Å²) in [6, 6.07) is 5.44. The highest BCUT2D eigenvalue weighted by Gasteiger charge is 2.39. The number of unbranched alkanes of at least 4 members (excludes halogenated alkanes) is 5. The van der Waals surface area contributed by atoms with Gasteiger partial charge >= 0.3 is 0 Å². The van der Waals surface area contributed by atoms with Crippen molar-refractivity contribution in [3.8, 4) is 0 Å². The third kappa shape index (κ3) is 6.08. The molecule has 1 atom stereocenters. The fourth-order valence-electron chi connectivity index (χ4n) is 4.07. The van der Waals surface area contributed by atoms with Crippen LogP contribution in [0.4, 0.5) is 0 Å². The number of imide groups is 1. The molecule has 0 bridgehead atoms. The smallest absolute Gasteiger partial charge is 0.255 e. The highest BCUT2D eigenvalue weighted by molar-refractivity contribution is 7.99. The van der Waals surface area contributed by atoms with Gasteiger partial charge in [0.05, 0.1) is 0 Å². The molecule has 2 aliphatic heterocycles. The van der Waals surface area contributed by atoms with Crippen LogP contribution < -0.4 is 5.32 Å². The topological polar surface area (TPSA) is 69.7 Å². The first-order chi connectivity index (χ1) is 14.5. The zero-order valence-corrected chi connectivity index (χ0v) is 18.9. The van der Waals surface area contributed by atoms with Crippen LogP contribution in [0.1, 0.15) is 67.3 Å². The molecule has 7 heteroatoms. The maximum atomic E-state index is 12.7. The molecule has 1 fully saturated rings. The van der Waals surface area contributed by atoms with Gasteiger partial charge in [0.2, 0.25) is 11.8 Å². The maximum Gasteiger partial charge on any atom is 0.255 e. The lowest BCUT2D eigenvalue weighted by molar-refractivity contribution is -0.136. The van der Waals surface area contributed by atoms with Gasteiger partial charge in [-0.25, -0.2) is 0 Å². The molecule has 0 spiro atoms. The molecule has 0 radical (unpaired) electrons. The van der Waals surface area contributed by atoms with Crippen LogP contribution in [0.3, 0.4) is 0 Å². The second kappa shape index (κ2) is 11.0. The lowest BCUT2D eigenvalue weighted by Gasteiger charge is -2.29.